The summed E-state index contributed by atoms with van der Waals surface area (Å²) in [6, 6.07) is 12.1. The number of hydrogen-bond acceptors (Lipinski definition) is 6. The molecule has 150 valence electrons. The zero-order chi connectivity index (χ0) is 20.8. The Kier molecular flexibility index (Phi) is 6.39. The zero-order valence-electron chi connectivity index (χ0n) is 16.4. The number of nitrogens with zero attached hydrogens (tertiary/aromatic N) is 1. The van der Waals surface area contributed by atoms with Crippen LogP contribution < -0.4 is 10.3 Å². The second-order valence-electron chi connectivity index (χ2n) is 6.50. The average Bonchev–Trinajstić information content (AvgIpc) is 2.71. The third kappa shape index (κ3) is 5.07. The molecule has 0 unspecified atom stereocenters. The van der Waals surface area contributed by atoms with Gasteiger partial charge in [-0.05, 0) is 44.2 Å². The van der Waals surface area contributed by atoms with Gasteiger partial charge in [-0.2, -0.15) is 0 Å². The van der Waals surface area contributed by atoms with Crippen molar-refractivity contribution in [3.63, 3.8) is 0 Å². The topological polar surface area (TPSA) is 98.3 Å². The number of esters is 1. The van der Waals surface area contributed by atoms with E-state index in [9.17, 15) is 14.4 Å². The van der Waals surface area contributed by atoms with E-state index in [0.29, 0.717) is 40.2 Å². The Balaban J connectivity index is 1.64. The summed E-state index contributed by atoms with van der Waals surface area (Å²) in [6.07, 6.45) is 0.322. The van der Waals surface area contributed by atoms with Crippen molar-refractivity contribution in [3.8, 4) is 5.75 Å². The van der Waals surface area contributed by atoms with Gasteiger partial charge in [-0.15, -0.1) is 0 Å². The lowest BCUT2D eigenvalue weighted by Gasteiger charge is -2.12. The first kappa shape index (κ1) is 20.3. The van der Waals surface area contributed by atoms with Gasteiger partial charge >= 0.3 is 5.97 Å². The van der Waals surface area contributed by atoms with Crippen LogP contribution in [0.25, 0.3) is 10.9 Å². The summed E-state index contributed by atoms with van der Waals surface area (Å²) in [5.74, 6) is 0.494. The number of benzene rings is 2. The molecule has 7 heteroatoms. The van der Waals surface area contributed by atoms with Crippen molar-refractivity contribution in [1.29, 1.82) is 0 Å². The summed E-state index contributed by atoms with van der Waals surface area (Å²) in [6.45, 7) is 3.78. The fraction of sp³-hybridized carbons (Fsp3) is 0.273. The van der Waals surface area contributed by atoms with Gasteiger partial charge in [0.2, 0.25) is 0 Å². The van der Waals surface area contributed by atoms with Gasteiger partial charge in [-0.1, -0.05) is 12.1 Å². The monoisotopic (exact) mass is 394 g/mol. The number of carbonyl (C=O) groups excluding carboxylic acids is 2. The molecule has 3 aromatic rings. The summed E-state index contributed by atoms with van der Waals surface area (Å²) in [5, 5.41) is 0.507. The molecule has 1 aromatic heterocycles. The number of rotatable bonds is 8. The second-order valence-corrected chi connectivity index (χ2v) is 6.50. The molecule has 29 heavy (non-hydrogen) atoms. The van der Waals surface area contributed by atoms with Crippen LogP contribution >= 0.6 is 0 Å². The van der Waals surface area contributed by atoms with Crippen LogP contribution in [0.2, 0.25) is 0 Å². The molecule has 1 N–H and O–H groups in total. The maximum absolute atomic E-state index is 12.2. The second kappa shape index (κ2) is 9.14. The SMILES string of the molecule is CCOc1ccc(C(C)=O)cc1COC(=O)CCc1nc2ccccc2c(=O)[nH]1. The van der Waals surface area contributed by atoms with Crippen molar-refractivity contribution in [1.82, 2.24) is 9.97 Å². The van der Waals surface area contributed by atoms with Gasteiger partial charge in [0.25, 0.3) is 5.56 Å². The van der Waals surface area contributed by atoms with Gasteiger partial charge in [-0.25, -0.2) is 4.98 Å². The highest BCUT2D eigenvalue weighted by Gasteiger charge is 2.12. The predicted octanol–water partition coefficient (Wildman–Crippen LogP) is 3.20. The number of H-pyrrole nitrogens is 1. The third-order valence-corrected chi connectivity index (χ3v) is 4.38. The molecule has 0 saturated heterocycles. The van der Waals surface area contributed by atoms with Gasteiger partial charge in [0, 0.05) is 17.5 Å². The van der Waals surface area contributed by atoms with Gasteiger partial charge in [-0.3, -0.25) is 14.4 Å². The molecule has 3 rings (SSSR count). The zero-order valence-corrected chi connectivity index (χ0v) is 16.4. The van der Waals surface area contributed by atoms with Crippen molar-refractivity contribution in [2.75, 3.05) is 6.61 Å². The maximum atomic E-state index is 12.2. The number of aromatic amines is 1. The molecule has 0 atom stereocenters. The van der Waals surface area contributed by atoms with Crippen LogP contribution in [0.5, 0.6) is 5.75 Å². The smallest absolute Gasteiger partial charge is 0.306 e. The highest BCUT2D eigenvalue weighted by molar-refractivity contribution is 5.94. The minimum Gasteiger partial charge on any atom is -0.493 e. The van der Waals surface area contributed by atoms with Crippen LogP contribution in [0, 0.1) is 0 Å². The first-order valence-corrected chi connectivity index (χ1v) is 9.38. The van der Waals surface area contributed by atoms with Gasteiger partial charge in [0.15, 0.2) is 5.78 Å². The summed E-state index contributed by atoms with van der Waals surface area (Å²) in [4.78, 5) is 42.9. The quantitative estimate of drug-likeness (QED) is 0.465. The van der Waals surface area contributed by atoms with E-state index in [1.165, 1.54) is 6.92 Å². The van der Waals surface area contributed by atoms with E-state index in [0.717, 1.165) is 0 Å². The Labute approximate surface area is 167 Å². The minimum atomic E-state index is -0.434. The number of Topliss-reactive ketones (excluding diaryl/α,β-unsaturated/α-hetero) is 1. The van der Waals surface area contributed by atoms with E-state index in [1.54, 1.807) is 42.5 Å². The van der Waals surface area contributed by atoms with E-state index >= 15 is 0 Å². The molecule has 0 saturated carbocycles. The van der Waals surface area contributed by atoms with Gasteiger partial charge < -0.3 is 14.5 Å². The number of carbonyl (C=O) groups is 2. The molecule has 0 aliphatic carbocycles. The van der Waals surface area contributed by atoms with Crippen molar-refractivity contribution in [2.24, 2.45) is 0 Å². The molecule has 0 aliphatic heterocycles. The number of fused-ring (bicyclic) bond motifs is 1. The lowest BCUT2D eigenvalue weighted by Crippen LogP contribution is -2.14. The average molecular weight is 394 g/mol. The number of ether oxygens (including phenoxy) is 2. The minimum absolute atomic E-state index is 0.00302. The first-order chi connectivity index (χ1) is 14.0. The molecule has 0 spiro atoms. The molecule has 0 fully saturated rings. The van der Waals surface area contributed by atoms with E-state index in [1.807, 2.05) is 6.92 Å². The van der Waals surface area contributed by atoms with E-state index < -0.39 is 5.97 Å². The predicted molar refractivity (Wildman–Crippen MR) is 108 cm³/mol. The largest absolute Gasteiger partial charge is 0.493 e. The number of aromatic nitrogens is 2. The number of hydrogen-bond donors (Lipinski definition) is 1. The van der Waals surface area contributed by atoms with Gasteiger partial charge in [0.1, 0.15) is 18.2 Å². The molecule has 0 bridgehead atoms. The van der Waals surface area contributed by atoms with Crippen molar-refractivity contribution >= 4 is 22.7 Å². The van der Waals surface area contributed by atoms with Gasteiger partial charge in [0.05, 0.1) is 23.9 Å². The standard InChI is InChI=1S/C22H22N2O5/c1-3-28-19-9-8-15(14(2)25)12-16(19)13-29-21(26)11-10-20-23-18-7-5-4-6-17(18)22(27)24-20/h4-9,12H,3,10-11,13H2,1-2H3,(H,23,24,27). The van der Waals surface area contributed by atoms with Crippen molar-refractivity contribution < 1.29 is 19.1 Å². The van der Waals surface area contributed by atoms with Crippen LogP contribution in [0.15, 0.2) is 47.3 Å². The summed E-state index contributed by atoms with van der Waals surface area (Å²) in [7, 11) is 0. The lowest BCUT2D eigenvalue weighted by molar-refractivity contribution is -0.144. The number of nitrogens with one attached hydrogen (secondary N) is 1. The Hall–Kier alpha value is -3.48. The lowest BCUT2D eigenvalue weighted by atomic mass is 10.1. The number of aryl methyl sites for hydroxylation is 1. The van der Waals surface area contributed by atoms with E-state index in [2.05, 4.69) is 9.97 Å². The van der Waals surface area contributed by atoms with E-state index in [4.69, 9.17) is 9.47 Å². The molecular weight excluding hydrogens is 372 g/mol. The molecule has 0 aliphatic rings. The molecular formula is C22H22N2O5. The fourth-order valence-electron chi connectivity index (χ4n) is 2.91. The van der Waals surface area contributed by atoms with Crippen LogP contribution in [-0.2, 0) is 22.6 Å². The van der Waals surface area contributed by atoms with Crippen LogP contribution in [0.3, 0.4) is 0 Å². The summed E-state index contributed by atoms with van der Waals surface area (Å²) >= 11 is 0. The molecule has 0 amide bonds. The molecule has 7 nitrogen and oxygen atoms in total. The third-order valence-electron chi connectivity index (χ3n) is 4.38. The maximum Gasteiger partial charge on any atom is 0.306 e. The Morgan fingerprint density at radius 3 is 2.69 bits per heavy atom. The Morgan fingerprint density at radius 2 is 1.93 bits per heavy atom. The van der Waals surface area contributed by atoms with E-state index in [-0.39, 0.29) is 30.8 Å². The normalized spacial score (nSPS) is 10.7. The summed E-state index contributed by atoms with van der Waals surface area (Å²) in [5.41, 5.74) is 1.51. The first-order valence-electron chi connectivity index (χ1n) is 9.38. The fourth-order valence-corrected chi connectivity index (χ4v) is 2.91. The van der Waals surface area contributed by atoms with Crippen LogP contribution in [0.1, 0.15) is 42.0 Å². The Morgan fingerprint density at radius 1 is 1.14 bits per heavy atom. The van der Waals surface area contributed by atoms with Crippen molar-refractivity contribution in [3.05, 3.63) is 69.8 Å². The molecule has 2 aromatic carbocycles. The number of ketones is 1. The Bertz CT molecular complexity index is 1100. The number of para-hydroxylation sites is 1. The van der Waals surface area contributed by atoms with Crippen LogP contribution in [-0.4, -0.2) is 28.3 Å². The van der Waals surface area contributed by atoms with Crippen molar-refractivity contribution in [2.45, 2.75) is 33.3 Å². The molecule has 1 heterocycles. The molecule has 0 radical (unpaired) electrons. The van der Waals surface area contributed by atoms with Crippen LogP contribution in [0.4, 0.5) is 0 Å². The highest BCUT2D eigenvalue weighted by Crippen LogP contribution is 2.22. The highest BCUT2D eigenvalue weighted by atomic mass is 16.5. The summed E-state index contributed by atoms with van der Waals surface area (Å²) < 4.78 is 10.9.